The summed E-state index contributed by atoms with van der Waals surface area (Å²) in [6.45, 7) is 4.27. The van der Waals surface area contributed by atoms with Crippen molar-refractivity contribution in [2.45, 2.75) is 32.2 Å². The molecule has 0 unspecified atom stereocenters. The maximum Gasteiger partial charge on any atom is 0.234 e. The van der Waals surface area contributed by atoms with Gasteiger partial charge in [-0.2, -0.15) is 4.98 Å². The summed E-state index contributed by atoms with van der Waals surface area (Å²) in [6.07, 6.45) is 3.45. The fraction of sp³-hybridized carbons (Fsp3) is 0.722. The zero-order valence-corrected chi connectivity index (χ0v) is 15.7. The standard InChI is InChI=1S/C18H30N6O/c1-5-13-8-16(22-18(20-13)23(3)4)24-10-14(12-6-7-12)15(11-24)21-17(25)9-19-2/h8,12,14-15,19H,5-7,9-11H2,1-4H3,(H,21,25)/t14-,15+/m0/s1. The van der Waals surface area contributed by atoms with E-state index in [1.165, 1.54) is 12.8 Å². The molecule has 1 aromatic rings. The third-order valence-electron chi connectivity index (χ3n) is 5.12. The Labute approximate surface area is 150 Å². The Morgan fingerprint density at radius 3 is 2.68 bits per heavy atom. The Balaban J connectivity index is 1.78. The molecule has 2 atom stereocenters. The van der Waals surface area contributed by atoms with E-state index in [1.807, 2.05) is 19.0 Å². The van der Waals surface area contributed by atoms with Crippen LogP contribution in [0.5, 0.6) is 0 Å². The third-order valence-corrected chi connectivity index (χ3v) is 5.12. The van der Waals surface area contributed by atoms with Gasteiger partial charge in [-0.3, -0.25) is 4.79 Å². The quantitative estimate of drug-likeness (QED) is 0.755. The molecular formula is C18H30N6O. The number of carbonyl (C=O) groups excluding carboxylic acids is 1. The number of nitrogens with one attached hydrogen (secondary N) is 2. The van der Waals surface area contributed by atoms with Crippen molar-refractivity contribution < 1.29 is 4.79 Å². The zero-order valence-electron chi connectivity index (χ0n) is 15.7. The molecule has 0 spiro atoms. The Morgan fingerprint density at radius 1 is 1.32 bits per heavy atom. The van der Waals surface area contributed by atoms with Crippen LogP contribution in [0.15, 0.2) is 6.07 Å². The van der Waals surface area contributed by atoms with Gasteiger partial charge in [-0.1, -0.05) is 6.92 Å². The summed E-state index contributed by atoms with van der Waals surface area (Å²) in [6, 6.07) is 2.30. The highest BCUT2D eigenvalue weighted by Gasteiger charge is 2.43. The fourth-order valence-electron chi connectivity index (χ4n) is 3.60. The van der Waals surface area contributed by atoms with Crippen molar-refractivity contribution in [1.82, 2.24) is 20.6 Å². The van der Waals surface area contributed by atoms with Crippen LogP contribution >= 0.6 is 0 Å². The van der Waals surface area contributed by atoms with Crippen molar-refractivity contribution in [3.05, 3.63) is 11.8 Å². The van der Waals surface area contributed by atoms with Gasteiger partial charge in [-0.05, 0) is 32.2 Å². The van der Waals surface area contributed by atoms with Gasteiger partial charge >= 0.3 is 0 Å². The molecule has 2 heterocycles. The van der Waals surface area contributed by atoms with E-state index in [0.717, 1.165) is 42.9 Å². The maximum absolute atomic E-state index is 12.1. The van der Waals surface area contributed by atoms with Crippen molar-refractivity contribution in [2.75, 3.05) is 50.6 Å². The normalized spacial score (nSPS) is 23.0. The van der Waals surface area contributed by atoms with E-state index in [0.29, 0.717) is 12.5 Å². The molecule has 2 fully saturated rings. The first-order valence-corrected chi connectivity index (χ1v) is 9.26. The summed E-state index contributed by atoms with van der Waals surface area (Å²) in [7, 11) is 5.74. The Hall–Kier alpha value is -1.89. The molecule has 2 aliphatic rings. The van der Waals surface area contributed by atoms with Crippen LogP contribution in [0.2, 0.25) is 0 Å². The number of nitrogens with zero attached hydrogens (tertiary/aromatic N) is 4. The van der Waals surface area contributed by atoms with Crippen LogP contribution in [0.3, 0.4) is 0 Å². The van der Waals surface area contributed by atoms with Crippen LogP contribution in [0.25, 0.3) is 0 Å². The first-order valence-electron chi connectivity index (χ1n) is 9.26. The number of hydrogen-bond donors (Lipinski definition) is 2. The molecule has 7 heteroatoms. The fourth-order valence-corrected chi connectivity index (χ4v) is 3.60. The van der Waals surface area contributed by atoms with E-state index in [2.05, 4.69) is 33.5 Å². The van der Waals surface area contributed by atoms with Gasteiger partial charge in [0.2, 0.25) is 11.9 Å². The van der Waals surface area contributed by atoms with Crippen molar-refractivity contribution >= 4 is 17.7 Å². The minimum absolute atomic E-state index is 0.0749. The lowest BCUT2D eigenvalue weighted by molar-refractivity contribution is -0.121. The number of aryl methyl sites for hydroxylation is 1. The second-order valence-corrected chi connectivity index (χ2v) is 7.38. The summed E-state index contributed by atoms with van der Waals surface area (Å²) in [5, 5.41) is 6.15. The second-order valence-electron chi connectivity index (χ2n) is 7.38. The number of likely N-dealkylation sites (N-methyl/N-ethyl adjacent to an activating group) is 1. The van der Waals surface area contributed by atoms with E-state index in [1.54, 1.807) is 7.05 Å². The average Bonchev–Trinajstić information content (AvgIpc) is 3.35. The van der Waals surface area contributed by atoms with Crippen molar-refractivity contribution in [3.63, 3.8) is 0 Å². The van der Waals surface area contributed by atoms with E-state index in [-0.39, 0.29) is 11.9 Å². The molecule has 0 aromatic carbocycles. The largest absolute Gasteiger partial charge is 0.354 e. The molecule has 1 amide bonds. The van der Waals surface area contributed by atoms with Gasteiger partial charge in [-0.15, -0.1) is 0 Å². The molecule has 0 radical (unpaired) electrons. The SMILES string of the molecule is CCc1cc(N2C[C@@H](NC(=O)CNC)[C@H](C3CC3)C2)nc(N(C)C)n1. The number of anilines is 2. The maximum atomic E-state index is 12.1. The molecule has 1 saturated heterocycles. The number of rotatable bonds is 7. The molecular weight excluding hydrogens is 316 g/mol. The molecule has 138 valence electrons. The van der Waals surface area contributed by atoms with Gasteiger partial charge in [-0.25, -0.2) is 4.98 Å². The predicted octanol–water partition coefficient (Wildman–Crippen LogP) is 0.655. The lowest BCUT2D eigenvalue weighted by Crippen LogP contribution is -2.44. The summed E-state index contributed by atoms with van der Waals surface area (Å²) in [4.78, 5) is 25.7. The number of hydrogen-bond acceptors (Lipinski definition) is 6. The monoisotopic (exact) mass is 346 g/mol. The second kappa shape index (κ2) is 7.56. The number of carbonyl (C=O) groups is 1. The Bertz CT molecular complexity index is 616. The molecule has 7 nitrogen and oxygen atoms in total. The smallest absolute Gasteiger partial charge is 0.234 e. The van der Waals surface area contributed by atoms with E-state index < -0.39 is 0 Å². The highest BCUT2D eigenvalue weighted by molar-refractivity contribution is 5.78. The predicted molar refractivity (Wildman–Crippen MR) is 100 cm³/mol. The van der Waals surface area contributed by atoms with Crippen molar-refractivity contribution in [2.24, 2.45) is 11.8 Å². The molecule has 1 aliphatic carbocycles. The summed E-state index contributed by atoms with van der Waals surface area (Å²) < 4.78 is 0. The van der Waals surface area contributed by atoms with Gasteiger partial charge in [0.1, 0.15) is 5.82 Å². The highest BCUT2D eigenvalue weighted by atomic mass is 16.2. The molecule has 3 rings (SSSR count). The van der Waals surface area contributed by atoms with Crippen LogP contribution in [0.1, 0.15) is 25.5 Å². The zero-order chi connectivity index (χ0) is 18.0. The van der Waals surface area contributed by atoms with Crippen LogP contribution in [0, 0.1) is 11.8 Å². The molecule has 0 bridgehead atoms. The highest BCUT2D eigenvalue weighted by Crippen LogP contribution is 2.42. The summed E-state index contributed by atoms with van der Waals surface area (Å²) >= 11 is 0. The molecule has 1 aliphatic heterocycles. The van der Waals surface area contributed by atoms with Crippen molar-refractivity contribution in [1.29, 1.82) is 0 Å². The van der Waals surface area contributed by atoms with E-state index in [9.17, 15) is 4.79 Å². The number of aromatic nitrogens is 2. The third kappa shape index (κ3) is 4.21. The van der Waals surface area contributed by atoms with Crippen LogP contribution in [0.4, 0.5) is 11.8 Å². The molecule has 2 N–H and O–H groups in total. The molecule has 25 heavy (non-hydrogen) atoms. The number of amides is 1. The Morgan fingerprint density at radius 2 is 2.08 bits per heavy atom. The average molecular weight is 346 g/mol. The minimum Gasteiger partial charge on any atom is -0.354 e. The minimum atomic E-state index is 0.0749. The lowest BCUT2D eigenvalue weighted by atomic mass is 9.98. The van der Waals surface area contributed by atoms with E-state index in [4.69, 9.17) is 4.98 Å². The van der Waals surface area contributed by atoms with Gasteiger partial charge in [0.25, 0.3) is 0 Å². The van der Waals surface area contributed by atoms with Crippen molar-refractivity contribution in [3.8, 4) is 0 Å². The van der Waals surface area contributed by atoms with Gasteiger partial charge < -0.3 is 20.4 Å². The van der Waals surface area contributed by atoms with Gasteiger partial charge in [0, 0.05) is 44.9 Å². The topological polar surface area (TPSA) is 73.4 Å². The summed E-state index contributed by atoms with van der Waals surface area (Å²) in [5.41, 5.74) is 1.05. The van der Waals surface area contributed by atoms with Crippen LogP contribution in [-0.2, 0) is 11.2 Å². The Kier molecular flexibility index (Phi) is 5.42. The molecule has 1 aromatic heterocycles. The summed E-state index contributed by atoms with van der Waals surface area (Å²) in [5.74, 6) is 3.06. The molecule has 1 saturated carbocycles. The van der Waals surface area contributed by atoms with Gasteiger partial charge in [0.15, 0.2) is 0 Å². The van der Waals surface area contributed by atoms with Crippen LogP contribution in [-0.4, -0.2) is 62.7 Å². The first-order chi connectivity index (χ1) is 12.0. The van der Waals surface area contributed by atoms with Gasteiger partial charge in [0.05, 0.1) is 12.6 Å². The first kappa shape index (κ1) is 17.9. The lowest BCUT2D eigenvalue weighted by Gasteiger charge is -2.21. The van der Waals surface area contributed by atoms with Crippen LogP contribution < -0.4 is 20.4 Å². The van der Waals surface area contributed by atoms with E-state index >= 15 is 0 Å².